The van der Waals surface area contributed by atoms with Crippen molar-refractivity contribution in [3.05, 3.63) is 46.9 Å². The molecule has 0 aliphatic rings. The lowest BCUT2D eigenvalue weighted by atomic mass is 10.2. The number of aromatic nitrogens is 4. The molecule has 0 spiro atoms. The van der Waals surface area contributed by atoms with Crippen LogP contribution in [0.4, 0.5) is 5.82 Å². The van der Waals surface area contributed by atoms with Crippen LogP contribution < -0.4 is 5.32 Å². The first kappa shape index (κ1) is 18.6. The summed E-state index contributed by atoms with van der Waals surface area (Å²) >= 11 is 5.86. The predicted octanol–water partition coefficient (Wildman–Crippen LogP) is 3.61. The first-order valence-corrected chi connectivity index (χ1v) is 8.71. The van der Waals surface area contributed by atoms with Crippen molar-refractivity contribution in [3.63, 3.8) is 0 Å². The fourth-order valence-electron chi connectivity index (χ4n) is 2.32. The Morgan fingerprint density at radius 2 is 2.11 bits per heavy atom. The molecule has 0 bridgehead atoms. The molecular weight excluding hydrogens is 368 g/mol. The predicted molar refractivity (Wildman–Crippen MR) is 99.0 cm³/mol. The number of hydrogen-bond donors (Lipinski definition) is 1. The first-order valence-electron chi connectivity index (χ1n) is 8.34. The summed E-state index contributed by atoms with van der Waals surface area (Å²) in [4.78, 5) is 16.5. The minimum Gasteiger partial charge on any atom is -0.339 e. The Morgan fingerprint density at radius 1 is 1.37 bits per heavy atom. The molecule has 0 radical (unpaired) electrons. The highest BCUT2D eigenvalue weighted by Crippen LogP contribution is 2.19. The molecule has 0 saturated heterocycles. The molecule has 1 aromatic carbocycles. The third kappa shape index (κ3) is 4.51. The molecule has 8 nitrogen and oxygen atoms in total. The minimum absolute atomic E-state index is 0.0902. The van der Waals surface area contributed by atoms with Crippen molar-refractivity contribution in [3.8, 4) is 17.5 Å². The van der Waals surface area contributed by atoms with Crippen LogP contribution >= 0.6 is 11.6 Å². The van der Waals surface area contributed by atoms with Gasteiger partial charge in [0.25, 0.3) is 0 Å². The number of benzene rings is 1. The number of halogens is 1. The molecule has 3 aromatic rings. The van der Waals surface area contributed by atoms with Crippen LogP contribution in [0.5, 0.6) is 0 Å². The average molecular weight is 385 g/mol. The highest BCUT2D eigenvalue weighted by Gasteiger charge is 2.15. The molecule has 2 aromatic heterocycles. The number of nitriles is 1. The SMILES string of the molecule is CC(C)n1cc(C#N)c(NC(=O)CCc2nc(-c3ccc(Cl)cc3)no2)n1. The van der Waals surface area contributed by atoms with E-state index in [0.29, 0.717) is 22.3 Å². The molecule has 2 heterocycles. The van der Waals surface area contributed by atoms with E-state index < -0.39 is 0 Å². The van der Waals surface area contributed by atoms with Crippen LogP contribution in [0.15, 0.2) is 35.0 Å². The van der Waals surface area contributed by atoms with Gasteiger partial charge in [0.05, 0.1) is 0 Å². The van der Waals surface area contributed by atoms with Crippen LogP contribution in [-0.4, -0.2) is 25.8 Å². The summed E-state index contributed by atoms with van der Waals surface area (Å²) < 4.78 is 6.81. The number of carbonyl (C=O) groups is 1. The maximum absolute atomic E-state index is 12.2. The Kier molecular flexibility index (Phi) is 5.52. The molecule has 3 rings (SSSR count). The van der Waals surface area contributed by atoms with Crippen LogP contribution in [0.25, 0.3) is 11.4 Å². The Labute approximate surface area is 160 Å². The molecule has 1 amide bonds. The van der Waals surface area contributed by atoms with Gasteiger partial charge in [-0.15, -0.1) is 0 Å². The molecule has 0 aliphatic heterocycles. The fraction of sp³-hybridized carbons (Fsp3) is 0.278. The van der Waals surface area contributed by atoms with Crippen LogP contribution in [-0.2, 0) is 11.2 Å². The molecule has 1 N–H and O–H groups in total. The van der Waals surface area contributed by atoms with Gasteiger partial charge in [0.1, 0.15) is 11.6 Å². The fourth-order valence-corrected chi connectivity index (χ4v) is 2.44. The molecule has 27 heavy (non-hydrogen) atoms. The van der Waals surface area contributed by atoms with Crippen molar-refractivity contribution in [1.29, 1.82) is 5.26 Å². The molecule has 138 valence electrons. The Balaban J connectivity index is 1.60. The Bertz CT molecular complexity index is 984. The van der Waals surface area contributed by atoms with Gasteiger partial charge in [-0.05, 0) is 38.1 Å². The van der Waals surface area contributed by atoms with Crippen molar-refractivity contribution in [2.24, 2.45) is 0 Å². The molecule has 0 saturated carbocycles. The summed E-state index contributed by atoms with van der Waals surface area (Å²) in [5.74, 6) is 0.753. The molecular formula is C18H17ClN6O2. The number of hydrogen-bond acceptors (Lipinski definition) is 6. The Morgan fingerprint density at radius 3 is 2.78 bits per heavy atom. The second-order valence-corrected chi connectivity index (χ2v) is 6.58. The molecule has 0 fully saturated rings. The molecule has 9 heteroatoms. The van der Waals surface area contributed by atoms with Gasteiger partial charge in [-0.3, -0.25) is 9.48 Å². The quantitative estimate of drug-likeness (QED) is 0.695. The van der Waals surface area contributed by atoms with Gasteiger partial charge in [-0.2, -0.15) is 15.3 Å². The maximum atomic E-state index is 12.2. The summed E-state index contributed by atoms with van der Waals surface area (Å²) in [7, 11) is 0. The first-order chi connectivity index (χ1) is 13.0. The number of nitrogens with zero attached hydrogens (tertiary/aromatic N) is 5. The van der Waals surface area contributed by atoms with Gasteiger partial charge in [0.2, 0.25) is 17.6 Å². The smallest absolute Gasteiger partial charge is 0.227 e. The second-order valence-electron chi connectivity index (χ2n) is 6.14. The minimum atomic E-state index is -0.285. The zero-order valence-corrected chi connectivity index (χ0v) is 15.6. The Hall–Kier alpha value is -3.18. The van der Waals surface area contributed by atoms with Gasteiger partial charge in [0.15, 0.2) is 5.82 Å². The lowest BCUT2D eigenvalue weighted by Crippen LogP contribution is -2.14. The van der Waals surface area contributed by atoms with E-state index in [-0.39, 0.29) is 30.6 Å². The topological polar surface area (TPSA) is 110 Å². The van der Waals surface area contributed by atoms with E-state index in [2.05, 4.69) is 20.6 Å². The van der Waals surface area contributed by atoms with Crippen molar-refractivity contribution in [1.82, 2.24) is 19.9 Å². The second kappa shape index (κ2) is 8.01. The van der Waals surface area contributed by atoms with E-state index >= 15 is 0 Å². The molecule has 0 aliphatic carbocycles. The van der Waals surface area contributed by atoms with Gasteiger partial charge >= 0.3 is 0 Å². The van der Waals surface area contributed by atoms with Gasteiger partial charge in [-0.25, -0.2) is 0 Å². The number of anilines is 1. The lowest BCUT2D eigenvalue weighted by Gasteiger charge is -2.04. The van der Waals surface area contributed by atoms with Crippen molar-refractivity contribution < 1.29 is 9.32 Å². The summed E-state index contributed by atoms with van der Waals surface area (Å²) in [6.45, 7) is 3.88. The van der Waals surface area contributed by atoms with Crippen LogP contribution in [0, 0.1) is 11.3 Å². The van der Waals surface area contributed by atoms with Crippen LogP contribution in [0.1, 0.15) is 37.8 Å². The summed E-state index contributed by atoms with van der Waals surface area (Å²) in [6, 6.07) is 9.18. The number of amides is 1. The maximum Gasteiger partial charge on any atom is 0.227 e. The van der Waals surface area contributed by atoms with E-state index in [9.17, 15) is 4.79 Å². The van der Waals surface area contributed by atoms with Crippen LogP contribution in [0.3, 0.4) is 0 Å². The number of aryl methyl sites for hydroxylation is 1. The number of nitrogens with one attached hydrogen (secondary N) is 1. The summed E-state index contributed by atoms with van der Waals surface area (Å²) in [5, 5.41) is 20.6. The zero-order valence-electron chi connectivity index (χ0n) is 14.8. The van der Waals surface area contributed by atoms with Gasteiger partial charge < -0.3 is 9.84 Å². The molecule has 0 unspecified atom stereocenters. The van der Waals surface area contributed by atoms with E-state index in [0.717, 1.165) is 5.56 Å². The monoisotopic (exact) mass is 384 g/mol. The number of rotatable bonds is 6. The van der Waals surface area contributed by atoms with Crippen molar-refractivity contribution in [2.45, 2.75) is 32.7 Å². The van der Waals surface area contributed by atoms with E-state index in [4.69, 9.17) is 21.4 Å². The van der Waals surface area contributed by atoms with Gasteiger partial charge in [-0.1, -0.05) is 16.8 Å². The zero-order chi connectivity index (χ0) is 19.4. The third-order valence-corrected chi connectivity index (χ3v) is 4.03. The summed E-state index contributed by atoms with van der Waals surface area (Å²) in [5.41, 5.74) is 1.09. The van der Waals surface area contributed by atoms with E-state index in [1.807, 2.05) is 19.9 Å². The highest BCUT2D eigenvalue weighted by molar-refractivity contribution is 6.30. The van der Waals surface area contributed by atoms with Crippen molar-refractivity contribution in [2.75, 3.05) is 5.32 Å². The standard InChI is InChI=1S/C18H17ClN6O2/c1-11(2)25-10-13(9-20)17(23-25)21-15(26)7-8-16-22-18(24-27-16)12-3-5-14(19)6-4-12/h3-6,10-11H,7-8H2,1-2H3,(H,21,23,26). The van der Waals surface area contributed by atoms with Crippen LogP contribution in [0.2, 0.25) is 5.02 Å². The molecule has 0 atom stereocenters. The third-order valence-electron chi connectivity index (χ3n) is 3.78. The number of carbonyl (C=O) groups excluding carboxylic acids is 1. The lowest BCUT2D eigenvalue weighted by molar-refractivity contribution is -0.116. The van der Waals surface area contributed by atoms with Crippen molar-refractivity contribution >= 4 is 23.3 Å². The van der Waals surface area contributed by atoms with Gasteiger partial charge in [0, 0.05) is 35.7 Å². The largest absolute Gasteiger partial charge is 0.339 e. The highest BCUT2D eigenvalue weighted by atomic mass is 35.5. The normalized spacial score (nSPS) is 10.8. The average Bonchev–Trinajstić information content (AvgIpc) is 3.27. The van der Waals surface area contributed by atoms with E-state index in [1.165, 1.54) is 0 Å². The van der Waals surface area contributed by atoms with E-state index in [1.54, 1.807) is 35.1 Å². The summed E-state index contributed by atoms with van der Waals surface area (Å²) in [6.07, 6.45) is 2.01.